The summed E-state index contributed by atoms with van der Waals surface area (Å²) in [5.74, 6) is 0.856. The summed E-state index contributed by atoms with van der Waals surface area (Å²) in [5.41, 5.74) is 1.12. The van der Waals surface area contributed by atoms with Crippen LogP contribution < -0.4 is 9.47 Å². The number of hydrogen-bond donors (Lipinski definition) is 1. The summed E-state index contributed by atoms with van der Waals surface area (Å²) < 4.78 is 12.7. The van der Waals surface area contributed by atoms with Crippen LogP contribution >= 0.6 is 12.2 Å². The summed E-state index contributed by atoms with van der Waals surface area (Å²) in [6.45, 7) is 1.90. The van der Waals surface area contributed by atoms with Crippen molar-refractivity contribution in [3.63, 3.8) is 0 Å². The number of H-pyrrole nitrogens is 1. The molecule has 0 saturated carbocycles. The molecular weight excluding hydrogens is 382 g/mol. The Hall–Kier alpha value is -3.53. The summed E-state index contributed by atoms with van der Waals surface area (Å²) in [4.78, 5) is 11.1. The van der Waals surface area contributed by atoms with E-state index in [2.05, 4.69) is 15.3 Å². The first-order chi connectivity index (χ1) is 13.5. The van der Waals surface area contributed by atoms with E-state index in [0.717, 1.165) is 5.56 Å². The zero-order valence-corrected chi connectivity index (χ0v) is 16.0. The maximum atomic E-state index is 11.6. The predicted octanol–water partition coefficient (Wildman–Crippen LogP) is 3.63. The molecule has 0 unspecified atom stereocenters. The Morgan fingerprint density at radius 3 is 2.71 bits per heavy atom. The predicted molar refractivity (Wildman–Crippen MR) is 106 cm³/mol. The maximum absolute atomic E-state index is 11.6. The van der Waals surface area contributed by atoms with Crippen LogP contribution in [0, 0.1) is 21.8 Å². The lowest BCUT2D eigenvalue weighted by Gasteiger charge is -2.12. The van der Waals surface area contributed by atoms with Crippen molar-refractivity contribution in [2.24, 2.45) is 5.10 Å². The molecule has 0 radical (unpaired) electrons. The molecule has 0 aliphatic rings. The highest BCUT2D eigenvalue weighted by Gasteiger charge is 2.22. The van der Waals surface area contributed by atoms with Crippen LogP contribution in [0.4, 0.5) is 5.69 Å². The smallest absolute Gasteiger partial charge is 0.315 e. The van der Waals surface area contributed by atoms with E-state index in [1.54, 1.807) is 13.0 Å². The molecule has 1 heterocycles. The number of methoxy groups -OCH3 is 1. The molecule has 3 rings (SSSR count). The van der Waals surface area contributed by atoms with Crippen LogP contribution in [0.3, 0.4) is 0 Å². The van der Waals surface area contributed by atoms with Crippen LogP contribution in [0.5, 0.6) is 11.5 Å². The Morgan fingerprint density at radius 2 is 2.11 bits per heavy atom. The third-order valence-corrected chi connectivity index (χ3v) is 4.10. The third-order valence-electron chi connectivity index (χ3n) is 3.83. The monoisotopic (exact) mass is 399 g/mol. The Morgan fingerprint density at radius 1 is 1.36 bits per heavy atom. The lowest BCUT2D eigenvalue weighted by atomic mass is 10.1. The molecule has 144 valence electrons. The van der Waals surface area contributed by atoms with Gasteiger partial charge in [0.05, 0.1) is 18.2 Å². The highest BCUT2D eigenvalue weighted by Crippen LogP contribution is 2.38. The van der Waals surface area contributed by atoms with Gasteiger partial charge in [-0.3, -0.25) is 15.2 Å². The van der Waals surface area contributed by atoms with E-state index in [4.69, 9.17) is 21.7 Å². The van der Waals surface area contributed by atoms with E-state index in [-0.39, 0.29) is 23.8 Å². The van der Waals surface area contributed by atoms with Crippen molar-refractivity contribution >= 4 is 24.1 Å². The third kappa shape index (κ3) is 4.23. The van der Waals surface area contributed by atoms with Crippen molar-refractivity contribution in [2.45, 2.75) is 13.5 Å². The molecular formula is C18H17N5O4S. The molecule has 0 aliphatic carbocycles. The number of aromatic amines is 1. The van der Waals surface area contributed by atoms with Gasteiger partial charge in [-0.15, -0.1) is 0 Å². The van der Waals surface area contributed by atoms with E-state index in [1.165, 1.54) is 24.1 Å². The SMILES string of the molecule is COc1cc(/C=N\n2c(C)n[nH]c2=S)cc([N+](=O)[O-])c1OCc1ccccc1. The molecule has 1 N–H and O–H groups in total. The number of hydrogen-bond acceptors (Lipinski definition) is 7. The van der Waals surface area contributed by atoms with E-state index >= 15 is 0 Å². The number of nitro benzene ring substituents is 1. The van der Waals surface area contributed by atoms with Crippen molar-refractivity contribution in [2.75, 3.05) is 7.11 Å². The fourth-order valence-corrected chi connectivity index (χ4v) is 2.70. The van der Waals surface area contributed by atoms with E-state index in [0.29, 0.717) is 16.2 Å². The highest BCUT2D eigenvalue weighted by atomic mass is 32.1. The van der Waals surface area contributed by atoms with Crippen molar-refractivity contribution in [1.82, 2.24) is 14.9 Å². The van der Waals surface area contributed by atoms with Gasteiger partial charge in [0.1, 0.15) is 12.4 Å². The van der Waals surface area contributed by atoms with Gasteiger partial charge in [0, 0.05) is 11.6 Å². The number of benzene rings is 2. The minimum atomic E-state index is -0.519. The number of aryl methyl sites for hydroxylation is 1. The number of nitro groups is 1. The molecule has 2 aromatic carbocycles. The van der Waals surface area contributed by atoms with Gasteiger partial charge in [0.2, 0.25) is 10.5 Å². The average molecular weight is 399 g/mol. The first-order valence-electron chi connectivity index (χ1n) is 8.21. The largest absolute Gasteiger partial charge is 0.493 e. The van der Waals surface area contributed by atoms with Gasteiger partial charge in [0.25, 0.3) is 0 Å². The van der Waals surface area contributed by atoms with Crippen molar-refractivity contribution in [3.05, 3.63) is 74.3 Å². The molecule has 0 saturated heterocycles. The van der Waals surface area contributed by atoms with Crippen LogP contribution in [0.25, 0.3) is 0 Å². The van der Waals surface area contributed by atoms with Crippen molar-refractivity contribution < 1.29 is 14.4 Å². The zero-order chi connectivity index (χ0) is 20.1. The van der Waals surface area contributed by atoms with Crippen LogP contribution in [0.2, 0.25) is 0 Å². The highest BCUT2D eigenvalue weighted by molar-refractivity contribution is 7.71. The standard InChI is InChI=1S/C18H17N5O4S/c1-12-20-21-18(28)22(12)19-10-14-8-15(23(24)25)17(16(9-14)26-2)27-11-13-6-4-3-5-7-13/h3-10H,11H2,1-2H3,(H,21,28)/b19-10-. The van der Waals surface area contributed by atoms with Crippen LogP contribution in [-0.2, 0) is 6.61 Å². The fraction of sp³-hybridized carbons (Fsp3) is 0.167. The minimum Gasteiger partial charge on any atom is -0.493 e. The molecule has 0 spiro atoms. The molecule has 10 heteroatoms. The van der Waals surface area contributed by atoms with Crippen LogP contribution in [0.15, 0.2) is 47.6 Å². The molecule has 28 heavy (non-hydrogen) atoms. The molecule has 0 aliphatic heterocycles. The second-order valence-corrected chi connectivity index (χ2v) is 6.12. The molecule has 9 nitrogen and oxygen atoms in total. The Bertz CT molecular complexity index is 1080. The number of ether oxygens (including phenoxy) is 2. The summed E-state index contributed by atoms with van der Waals surface area (Å²) in [6, 6.07) is 12.3. The van der Waals surface area contributed by atoms with Gasteiger partial charge in [-0.05, 0) is 30.8 Å². The molecule has 0 amide bonds. The zero-order valence-electron chi connectivity index (χ0n) is 15.2. The second kappa shape index (κ2) is 8.44. The van der Waals surface area contributed by atoms with Gasteiger partial charge in [-0.2, -0.15) is 14.9 Å². The Balaban J connectivity index is 1.95. The fourth-order valence-electron chi connectivity index (χ4n) is 2.48. The summed E-state index contributed by atoms with van der Waals surface area (Å²) in [6.07, 6.45) is 1.44. The van der Waals surface area contributed by atoms with Crippen molar-refractivity contribution in [1.29, 1.82) is 0 Å². The lowest BCUT2D eigenvalue weighted by Crippen LogP contribution is -2.03. The van der Waals surface area contributed by atoms with E-state index in [9.17, 15) is 10.1 Å². The number of nitrogens with one attached hydrogen (secondary N) is 1. The molecule has 1 aromatic heterocycles. The summed E-state index contributed by atoms with van der Waals surface area (Å²) in [5, 5.41) is 22.4. The Labute approximate surface area is 165 Å². The van der Waals surface area contributed by atoms with E-state index < -0.39 is 4.92 Å². The average Bonchev–Trinajstić information content (AvgIpc) is 3.02. The van der Waals surface area contributed by atoms with E-state index in [1.807, 2.05) is 30.3 Å². The van der Waals surface area contributed by atoms with Crippen molar-refractivity contribution in [3.8, 4) is 11.5 Å². The second-order valence-electron chi connectivity index (χ2n) is 5.74. The topological polar surface area (TPSA) is 108 Å². The first kappa shape index (κ1) is 19.2. The quantitative estimate of drug-likeness (QED) is 0.281. The van der Waals surface area contributed by atoms with Crippen LogP contribution in [-0.4, -0.2) is 33.1 Å². The van der Waals surface area contributed by atoms with Gasteiger partial charge in [0.15, 0.2) is 5.75 Å². The molecule has 3 aromatic rings. The minimum absolute atomic E-state index is 0.0598. The number of rotatable bonds is 7. The normalized spacial score (nSPS) is 10.9. The molecule has 0 bridgehead atoms. The maximum Gasteiger partial charge on any atom is 0.315 e. The number of aromatic nitrogens is 3. The van der Waals surface area contributed by atoms with Gasteiger partial charge in [-0.25, -0.2) is 0 Å². The lowest BCUT2D eigenvalue weighted by molar-refractivity contribution is -0.386. The molecule has 0 fully saturated rings. The number of nitrogens with zero attached hydrogens (tertiary/aromatic N) is 4. The Kier molecular flexibility index (Phi) is 5.80. The van der Waals surface area contributed by atoms with Gasteiger partial charge >= 0.3 is 5.69 Å². The summed E-state index contributed by atoms with van der Waals surface area (Å²) in [7, 11) is 1.42. The van der Waals surface area contributed by atoms with Gasteiger partial charge in [-0.1, -0.05) is 30.3 Å². The molecule has 0 atom stereocenters. The van der Waals surface area contributed by atoms with Gasteiger partial charge < -0.3 is 9.47 Å². The first-order valence-corrected chi connectivity index (χ1v) is 8.62. The van der Waals surface area contributed by atoms with Crippen LogP contribution in [0.1, 0.15) is 17.0 Å². The summed E-state index contributed by atoms with van der Waals surface area (Å²) >= 11 is 5.08.